The Morgan fingerprint density at radius 3 is 1.35 bits per heavy atom. The average molecular weight is 365 g/mol. The summed E-state index contributed by atoms with van der Waals surface area (Å²) < 4.78 is 11.2. The van der Waals surface area contributed by atoms with Crippen LogP contribution in [0, 0.1) is 0 Å². The zero-order valence-corrected chi connectivity index (χ0v) is 20.9. The molecule has 0 aliphatic heterocycles. The van der Waals surface area contributed by atoms with Crippen molar-refractivity contribution in [2.45, 2.75) is 63.9 Å². The van der Waals surface area contributed by atoms with Gasteiger partial charge in [0.1, 0.15) is 0 Å². The molecule has 2 nitrogen and oxygen atoms in total. The van der Waals surface area contributed by atoms with Crippen LogP contribution in [0.5, 0.6) is 0 Å². The van der Waals surface area contributed by atoms with Crippen LogP contribution in [0.3, 0.4) is 0 Å². The van der Waals surface area contributed by atoms with Gasteiger partial charge in [-0.2, -0.15) is 0 Å². The van der Waals surface area contributed by atoms with Crippen LogP contribution >= 0.6 is 20.4 Å². The summed E-state index contributed by atoms with van der Waals surface area (Å²) in [6.45, 7) is 5.27. The van der Waals surface area contributed by atoms with Gasteiger partial charge >= 0.3 is 154 Å². The number of rotatable bonds is 8. The number of hydrogen-bond donors (Lipinski definition) is 0. The predicted molar refractivity (Wildman–Crippen MR) is 142 cm³/mol. The first-order valence-electron chi connectivity index (χ1n) is 9.30. The van der Waals surface area contributed by atoms with Crippen LogP contribution in [0.25, 0.3) is 0 Å². The van der Waals surface area contributed by atoms with E-state index >= 15 is 0 Å². The van der Waals surface area contributed by atoms with Gasteiger partial charge in [0.2, 0.25) is 0 Å². The molecule has 13 heteroatoms. The third-order valence-corrected chi connectivity index (χ3v) is 14.2. The van der Waals surface area contributed by atoms with Crippen LogP contribution in [-0.4, -0.2) is 71.1 Å². The zero-order valence-electron chi connectivity index (χ0n) is 18.1. The molecule has 0 spiro atoms. The van der Waals surface area contributed by atoms with Gasteiger partial charge in [-0.3, -0.25) is 0 Å². The van der Waals surface area contributed by atoms with Gasteiger partial charge < -0.3 is 0 Å². The standard InChI is InChI=1S/C10H37B8N2P3/c1-5-9(6-2,21(11,12)13)19-22(14,15)10(7-3,8-4)20-23(16,17)18/h21H,5-8,11-18H2,1-4H3. The van der Waals surface area contributed by atoms with Crippen molar-refractivity contribution >= 4 is 80.9 Å². The Kier molecular flexibility index (Phi) is 8.92. The second-order valence-electron chi connectivity index (χ2n) is 9.21. The van der Waals surface area contributed by atoms with Gasteiger partial charge in [0.05, 0.1) is 0 Å². The van der Waals surface area contributed by atoms with E-state index in [9.17, 15) is 0 Å². The van der Waals surface area contributed by atoms with Gasteiger partial charge in [0.25, 0.3) is 0 Å². The van der Waals surface area contributed by atoms with Gasteiger partial charge in [-0.25, -0.2) is 0 Å². The molecular weight excluding hydrogens is 328 g/mol. The maximum atomic E-state index is 5.74. The average Bonchev–Trinajstić information content (AvgIpc) is 2.39. The van der Waals surface area contributed by atoms with Crippen LogP contribution in [0.2, 0.25) is 0 Å². The first-order valence-corrected chi connectivity index (χ1v) is 18.5. The molecule has 0 rings (SSSR count). The second kappa shape index (κ2) is 8.40. The van der Waals surface area contributed by atoms with Crippen molar-refractivity contribution < 1.29 is 0 Å². The molecule has 0 radical (unpaired) electrons. The molecule has 0 saturated heterocycles. The Morgan fingerprint density at radius 2 is 1.13 bits per heavy atom. The summed E-state index contributed by atoms with van der Waals surface area (Å²) in [5, 5.41) is 0.278. The van der Waals surface area contributed by atoms with Crippen molar-refractivity contribution in [3.8, 4) is 0 Å². The quantitative estimate of drug-likeness (QED) is 0.372. The van der Waals surface area contributed by atoms with Gasteiger partial charge in [-0.15, -0.1) is 0 Å². The molecule has 0 aliphatic carbocycles. The van der Waals surface area contributed by atoms with Gasteiger partial charge in [0.15, 0.2) is 0 Å². The van der Waals surface area contributed by atoms with Crippen LogP contribution < -0.4 is 0 Å². The summed E-state index contributed by atoms with van der Waals surface area (Å²) in [5.74, 6) is 0. The fraction of sp³-hybridized carbons (Fsp3) is 1.00. The monoisotopic (exact) mass is 366 g/mol. The molecule has 0 N–H and O–H groups in total. The van der Waals surface area contributed by atoms with Crippen LogP contribution in [0.4, 0.5) is 0 Å². The molecule has 0 atom stereocenters. The molecular formula is C10H37B8N2P3. The topological polar surface area (TPSA) is 24.7 Å². The summed E-state index contributed by atoms with van der Waals surface area (Å²) in [6, 6.07) is 0. The van der Waals surface area contributed by atoms with Crippen molar-refractivity contribution in [3.05, 3.63) is 0 Å². The Bertz CT molecular complexity index is 490. The van der Waals surface area contributed by atoms with Crippen LogP contribution in [0.1, 0.15) is 53.4 Å². The Labute approximate surface area is 154 Å². The van der Waals surface area contributed by atoms with E-state index < -0.39 is 20.4 Å². The first-order chi connectivity index (χ1) is 10.2. The summed E-state index contributed by atoms with van der Waals surface area (Å²) in [6.07, 6.45) is 4.61. The van der Waals surface area contributed by atoms with Crippen molar-refractivity contribution in [2.24, 2.45) is 9.49 Å². The summed E-state index contributed by atoms with van der Waals surface area (Å²) in [5.41, 5.74) is 0. The SMILES string of the molecule is BP(B)(B)=NC(CC)(CC)P(B)(B)=NC(CC)(CC)[PH](B)(B)B. The third kappa shape index (κ3) is 5.69. The van der Waals surface area contributed by atoms with E-state index in [-0.39, 0.29) is 10.6 Å². The van der Waals surface area contributed by atoms with E-state index in [1.54, 1.807) is 0 Å². The van der Waals surface area contributed by atoms with E-state index in [0.717, 1.165) is 12.8 Å². The Hall–Kier alpha value is 1.41. The van der Waals surface area contributed by atoms with E-state index in [1.807, 2.05) is 0 Å². The predicted octanol–water partition coefficient (Wildman–Crippen LogP) is -1.44. The van der Waals surface area contributed by atoms with Crippen LogP contribution in [0.15, 0.2) is 9.49 Å². The van der Waals surface area contributed by atoms with Gasteiger partial charge in [-0.1, -0.05) is 0 Å². The number of nitrogens with zero attached hydrogens (tertiary/aromatic N) is 2. The summed E-state index contributed by atoms with van der Waals surface area (Å²) in [7, 11) is 19.4. The van der Waals surface area contributed by atoms with Gasteiger partial charge in [0, 0.05) is 0 Å². The normalized spacial score (nSPS) is 15.1. The molecule has 23 heavy (non-hydrogen) atoms. The first kappa shape index (κ1) is 24.4. The van der Waals surface area contributed by atoms with E-state index in [4.69, 9.17) is 9.49 Å². The summed E-state index contributed by atoms with van der Waals surface area (Å²) >= 11 is 0. The molecule has 0 saturated carbocycles. The Morgan fingerprint density at radius 1 is 0.739 bits per heavy atom. The summed E-state index contributed by atoms with van der Waals surface area (Å²) in [4.78, 5) is 0. The molecule has 0 aromatic rings. The van der Waals surface area contributed by atoms with Crippen LogP contribution in [-0.2, 0) is 0 Å². The van der Waals surface area contributed by atoms with Crippen molar-refractivity contribution in [2.75, 3.05) is 0 Å². The molecule has 0 unspecified atom stereocenters. The molecule has 0 fully saturated rings. The Balaban J connectivity index is 6.58. The number of hydrogen-bond acceptors (Lipinski definition) is 2. The second-order valence-corrected chi connectivity index (χ2v) is 22.5. The maximum absolute atomic E-state index is 5.74. The molecule has 0 bridgehead atoms. The zero-order chi connectivity index (χ0) is 18.7. The molecule has 0 aromatic carbocycles. The van der Waals surface area contributed by atoms with Crippen molar-refractivity contribution in [3.63, 3.8) is 0 Å². The molecule has 126 valence electrons. The van der Waals surface area contributed by atoms with Gasteiger partial charge in [-0.05, 0) is 0 Å². The molecule has 0 aromatic heterocycles. The minimum atomic E-state index is -1.51. The minimum absolute atomic E-state index is 0.0776. The van der Waals surface area contributed by atoms with Crippen molar-refractivity contribution in [1.29, 1.82) is 0 Å². The fourth-order valence-corrected chi connectivity index (χ4v) is 14.1. The molecule has 0 amide bonds. The van der Waals surface area contributed by atoms with E-state index in [0.29, 0.717) is 0 Å². The molecule has 0 aliphatic rings. The van der Waals surface area contributed by atoms with E-state index in [2.05, 4.69) is 88.2 Å². The fourth-order valence-electron chi connectivity index (χ4n) is 4.01. The van der Waals surface area contributed by atoms with E-state index in [1.165, 1.54) is 12.8 Å². The van der Waals surface area contributed by atoms with Crippen molar-refractivity contribution in [1.82, 2.24) is 0 Å². The third-order valence-electron chi connectivity index (χ3n) is 5.64. The molecule has 0 heterocycles.